The number of hydrogen-bond acceptors (Lipinski definition) is 1. The smallest absolute Gasteiger partial charge is 0.214 e. The molecule has 0 aliphatic carbocycles. The van der Waals surface area contributed by atoms with Gasteiger partial charge in [0, 0.05) is 13.1 Å². The van der Waals surface area contributed by atoms with E-state index in [4.69, 9.17) is 0 Å². The molecule has 0 aliphatic rings. The number of unbranched alkanes of at least 4 members (excludes halogenated alkanes) is 4. The Morgan fingerprint density at radius 1 is 0.800 bits per heavy atom. The molecule has 4 heteroatoms. The molecule has 0 saturated heterocycles. The summed E-state index contributed by atoms with van der Waals surface area (Å²) in [4.78, 5) is 0.651. The molecule has 92 valence electrons. The lowest BCUT2D eigenvalue weighted by atomic mass is 10.2. The van der Waals surface area contributed by atoms with Gasteiger partial charge in [0.2, 0.25) is 0 Å². The molecule has 0 atom stereocenters. The molecular weight excluding hydrogens is 203 g/mol. The highest BCUT2D eigenvalue weighted by Crippen LogP contribution is 2.22. The third kappa shape index (κ3) is 7.65. The zero-order valence-corrected chi connectivity index (χ0v) is 9.74. The van der Waals surface area contributed by atoms with Gasteiger partial charge in [0.05, 0.1) is 0 Å². The van der Waals surface area contributed by atoms with Gasteiger partial charge in [-0.15, -0.1) is 0 Å². The van der Waals surface area contributed by atoms with Crippen molar-refractivity contribution in [2.75, 3.05) is 13.1 Å². The monoisotopic (exact) mass is 225 g/mol. The molecular formula is C11H22F3N. The molecule has 1 nitrogen and oxygen atoms in total. The molecule has 0 unspecified atom stereocenters. The standard InChI is InChI=1S/C11H22F3N/c1-3-5-7-9-15(11(12,13)14)10-8-6-4-2/h3-10H2,1-2H3. The van der Waals surface area contributed by atoms with Gasteiger partial charge in [0.15, 0.2) is 0 Å². The van der Waals surface area contributed by atoms with Crippen molar-refractivity contribution in [3.8, 4) is 0 Å². The summed E-state index contributed by atoms with van der Waals surface area (Å²) in [5.74, 6) is 0. The van der Waals surface area contributed by atoms with Gasteiger partial charge in [-0.05, 0) is 12.8 Å². The predicted molar refractivity (Wildman–Crippen MR) is 56.7 cm³/mol. The van der Waals surface area contributed by atoms with E-state index in [0.717, 1.165) is 25.7 Å². The Bertz CT molecular complexity index is 135. The van der Waals surface area contributed by atoms with Crippen molar-refractivity contribution in [2.45, 2.75) is 58.7 Å². The molecule has 0 amide bonds. The van der Waals surface area contributed by atoms with Gasteiger partial charge >= 0.3 is 6.30 Å². The maximum absolute atomic E-state index is 12.5. The van der Waals surface area contributed by atoms with Crippen LogP contribution < -0.4 is 0 Å². The van der Waals surface area contributed by atoms with Gasteiger partial charge in [-0.25, -0.2) is 4.90 Å². The van der Waals surface area contributed by atoms with Crippen LogP contribution in [-0.2, 0) is 0 Å². The highest BCUT2D eigenvalue weighted by molar-refractivity contribution is 4.60. The minimum Gasteiger partial charge on any atom is -0.214 e. The summed E-state index contributed by atoms with van der Waals surface area (Å²) in [6, 6.07) is 0. The van der Waals surface area contributed by atoms with Crippen molar-refractivity contribution in [1.82, 2.24) is 4.90 Å². The van der Waals surface area contributed by atoms with Gasteiger partial charge in [-0.2, -0.15) is 13.2 Å². The number of hydrogen-bond donors (Lipinski definition) is 0. The molecule has 0 aromatic rings. The van der Waals surface area contributed by atoms with Crippen LogP contribution >= 0.6 is 0 Å². The summed E-state index contributed by atoms with van der Waals surface area (Å²) in [5, 5.41) is 0. The summed E-state index contributed by atoms with van der Waals surface area (Å²) in [5.41, 5.74) is 0. The van der Waals surface area contributed by atoms with Crippen molar-refractivity contribution in [2.24, 2.45) is 0 Å². The summed E-state index contributed by atoms with van der Waals surface area (Å²) in [6.45, 7) is 4.30. The molecule has 0 aromatic heterocycles. The normalized spacial score (nSPS) is 12.4. The number of nitrogens with zero attached hydrogens (tertiary/aromatic N) is 1. The van der Waals surface area contributed by atoms with Crippen LogP contribution in [0.4, 0.5) is 13.2 Å². The van der Waals surface area contributed by atoms with Gasteiger partial charge in [-0.3, -0.25) is 0 Å². The molecule has 0 heterocycles. The Hall–Kier alpha value is -0.250. The second-order valence-electron chi connectivity index (χ2n) is 3.87. The molecule has 0 spiro atoms. The van der Waals surface area contributed by atoms with Crippen LogP contribution in [0.15, 0.2) is 0 Å². The summed E-state index contributed by atoms with van der Waals surface area (Å²) in [7, 11) is 0. The molecule has 0 N–H and O–H groups in total. The number of alkyl halides is 3. The fraction of sp³-hybridized carbons (Fsp3) is 1.00. The average Bonchev–Trinajstić information content (AvgIpc) is 2.14. The van der Waals surface area contributed by atoms with Crippen molar-refractivity contribution in [3.05, 3.63) is 0 Å². The van der Waals surface area contributed by atoms with E-state index in [1.165, 1.54) is 0 Å². The van der Waals surface area contributed by atoms with Gasteiger partial charge < -0.3 is 0 Å². The van der Waals surface area contributed by atoms with Crippen LogP contribution in [0.5, 0.6) is 0 Å². The van der Waals surface area contributed by atoms with Crippen LogP contribution in [-0.4, -0.2) is 24.3 Å². The zero-order valence-electron chi connectivity index (χ0n) is 9.74. The van der Waals surface area contributed by atoms with Crippen molar-refractivity contribution in [3.63, 3.8) is 0 Å². The average molecular weight is 225 g/mol. The van der Waals surface area contributed by atoms with E-state index >= 15 is 0 Å². The van der Waals surface area contributed by atoms with E-state index in [1.54, 1.807) is 0 Å². The molecule has 0 aromatic carbocycles. The van der Waals surface area contributed by atoms with Gasteiger partial charge in [0.25, 0.3) is 0 Å². The molecule has 0 saturated carbocycles. The fourth-order valence-corrected chi connectivity index (χ4v) is 1.47. The minimum absolute atomic E-state index is 0.154. The number of halogens is 3. The van der Waals surface area contributed by atoms with Gasteiger partial charge in [0.1, 0.15) is 0 Å². The maximum Gasteiger partial charge on any atom is 0.459 e. The molecule has 0 fully saturated rings. The predicted octanol–water partition coefficient (Wildman–Crippen LogP) is 4.19. The molecule has 0 aliphatic heterocycles. The van der Waals surface area contributed by atoms with Crippen LogP contribution in [0.25, 0.3) is 0 Å². The van der Waals surface area contributed by atoms with Crippen LogP contribution in [0, 0.1) is 0 Å². The third-order valence-electron chi connectivity index (χ3n) is 2.42. The third-order valence-corrected chi connectivity index (χ3v) is 2.42. The first-order valence-electron chi connectivity index (χ1n) is 5.84. The van der Waals surface area contributed by atoms with E-state index in [-0.39, 0.29) is 13.1 Å². The van der Waals surface area contributed by atoms with E-state index in [9.17, 15) is 13.2 Å². The lowest BCUT2D eigenvalue weighted by molar-refractivity contribution is -0.245. The largest absolute Gasteiger partial charge is 0.459 e. The molecule has 15 heavy (non-hydrogen) atoms. The second-order valence-corrected chi connectivity index (χ2v) is 3.87. The summed E-state index contributed by atoms with van der Waals surface area (Å²) >= 11 is 0. The van der Waals surface area contributed by atoms with E-state index in [0.29, 0.717) is 17.7 Å². The Morgan fingerprint density at radius 2 is 1.20 bits per heavy atom. The lowest BCUT2D eigenvalue weighted by Gasteiger charge is -2.24. The van der Waals surface area contributed by atoms with Crippen molar-refractivity contribution >= 4 is 0 Å². The quantitative estimate of drug-likeness (QED) is 0.442. The first kappa shape index (κ1) is 14.8. The second kappa shape index (κ2) is 7.97. The summed E-state index contributed by atoms with van der Waals surface area (Å²) < 4.78 is 37.5. The first-order chi connectivity index (χ1) is 7.02. The lowest BCUT2D eigenvalue weighted by Crippen LogP contribution is -2.39. The summed E-state index contributed by atoms with van der Waals surface area (Å²) in [6.07, 6.45) is 0.799. The highest BCUT2D eigenvalue weighted by atomic mass is 19.4. The van der Waals surface area contributed by atoms with Gasteiger partial charge in [-0.1, -0.05) is 39.5 Å². The maximum atomic E-state index is 12.5. The van der Waals surface area contributed by atoms with Crippen LogP contribution in [0.3, 0.4) is 0 Å². The first-order valence-corrected chi connectivity index (χ1v) is 5.84. The van der Waals surface area contributed by atoms with Crippen LogP contribution in [0.2, 0.25) is 0 Å². The van der Waals surface area contributed by atoms with Crippen LogP contribution in [0.1, 0.15) is 52.4 Å². The van der Waals surface area contributed by atoms with E-state index in [1.807, 2.05) is 13.8 Å². The van der Waals surface area contributed by atoms with E-state index < -0.39 is 6.30 Å². The molecule has 0 radical (unpaired) electrons. The Morgan fingerprint density at radius 3 is 1.47 bits per heavy atom. The SMILES string of the molecule is CCCCCN(CCCCC)C(F)(F)F. The Balaban J connectivity index is 3.85. The van der Waals surface area contributed by atoms with Crippen molar-refractivity contribution in [1.29, 1.82) is 0 Å². The fourth-order valence-electron chi connectivity index (χ4n) is 1.47. The topological polar surface area (TPSA) is 3.24 Å². The molecule has 0 rings (SSSR count). The molecule has 0 bridgehead atoms. The Labute approximate surface area is 90.6 Å². The highest BCUT2D eigenvalue weighted by Gasteiger charge is 2.35. The zero-order chi connectivity index (χ0) is 11.7. The Kier molecular flexibility index (Phi) is 7.83. The van der Waals surface area contributed by atoms with E-state index in [2.05, 4.69) is 0 Å². The van der Waals surface area contributed by atoms with Crippen molar-refractivity contribution < 1.29 is 13.2 Å². The number of rotatable bonds is 8. The minimum atomic E-state index is -4.15.